The number of hydrogen-bond donors (Lipinski definition) is 0. The minimum absolute atomic E-state index is 0.0224. The Morgan fingerprint density at radius 2 is 2.00 bits per heavy atom. The molecule has 0 spiro atoms. The van der Waals surface area contributed by atoms with Gasteiger partial charge in [-0.2, -0.15) is 0 Å². The fourth-order valence-electron chi connectivity index (χ4n) is 4.29. The van der Waals surface area contributed by atoms with Gasteiger partial charge in [0.25, 0.3) is 5.69 Å². The van der Waals surface area contributed by atoms with Crippen LogP contribution in [0.2, 0.25) is 0 Å². The molecule has 0 amide bonds. The number of nitrogens with zero attached hydrogens (tertiary/aromatic N) is 1. The molecule has 0 heterocycles. The molecule has 2 saturated carbocycles. The highest BCUT2D eigenvalue weighted by molar-refractivity contribution is 5.89. The van der Waals surface area contributed by atoms with Gasteiger partial charge in [-0.25, -0.2) is 4.79 Å². The molecular formula is C17H21NO4. The number of hydrogen-bond acceptors (Lipinski definition) is 4. The molecule has 0 unspecified atom stereocenters. The minimum Gasteiger partial charge on any atom is -0.462 e. The number of benzene rings is 1. The summed E-state index contributed by atoms with van der Waals surface area (Å²) in [6, 6.07) is 5.56. The van der Waals surface area contributed by atoms with Crippen LogP contribution in [0, 0.1) is 33.3 Å². The van der Waals surface area contributed by atoms with Gasteiger partial charge in [-0.15, -0.1) is 0 Å². The summed E-state index contributed by atoms with van der Waals surface area (Å²) in [5.74, 6) is 1.45. The Labute approximate surface area is 129 Å². The lowest BCUT2D eigenvalue weighted by Gasteiger charge is -2.37. The molecule has 1 aromatic carbocycles. The summed E-state index contributed by atoms with van der Waals surface area (Å²) >= 11 is 0. The molecule has 2 aliphatic carbocycles. The van der Waals surface area contributed by atoms with Crippen LogP contribution in [-0.2, 0) is 4.74 Å². The number of esters is 1. The van der Waals surface area contributed by atoms with E-state index in [2.05, 4.69) is 13.8 Å². The van der Waals surface area contributed by atoms with E-state index in [4.69, 9.17) is 4.74 Å². The predicted octanol–water partition coefficient (Wildman–Crippen LogP) is 3.82. The Balaban J connectivity index is 1.62. The molecule has 0 N–H and O–H groups in total. The Morgan fingerprint density at radius 3 is 2.55 bits per heavy atom. The van der Waals surface area contributed by atoms with Crippen LogP contribution in [0.1, 0.15) is 43.5 Å². The third-order valence-corrected chi connectivity index (χ3v) is 5.76. The highest BCUT2D eigenvalue weighted by atomic mass is 16.6. The van der Waals surface area contributed by atoms with Gasteiger partial charge in [-0.3, -0.25) is 10.1 Å². The van der Waals surface area contributed by atoms with Gasteiger partial charge in [0.05, 0.1) is 17.1 Å². The Bertz CT molecular complexity index is 593. The zero-order valence-corrected chi connectivity index (χ0v) is 13.0. The molecule has 1 aromatic rings. The number of rotatable bonds is 4. The van der Waals surface area contributed by atoms with E-state index in [1.54, 1.807) is 0 Å². The second-order valence-electron chi connectivity index (χ2n) is 7.10. The highest BCUT2D eigenvalue weighted by Gasteiger charge is 2.52. The third kappa shape index (κ3) is 2.49. The standard InChI is InChI=1S/C17H21NO4/c1-17(2)13-6-3-12(9-13)15(17)10-22-16(19)11-4-7-14(8-5-11)18(20)21/h4-5,7-8,12-13,15H,3,6,9-10H2,1-2H3/t12-,13-,15+/m0/s1. The van der Waals surface area contributed by atoms with E-state index in [1.165, 1.54) is 43.5 Å². The molecule has 0 aromatic heterocycles. The van der Waals surface area contributed by atoms with E-state index >= 15 is 0 Å². The molecule has 5 nitrogen and oxygen atoms in total. The zero-order valence-electron chi connectivity index (χ0n) is 13.0. The first-order valence-electron chi connectivity index (χ1n) is 7.81. The highest BCUT2D eigenvalue weighted by Crippen LogP contribution is 2.59. The molecule has 22 heavy (non-hydrogen) atoms. The predicted molar refractivity (Wildman–Crippen MR) is 81.5 cm³/mol. The van der Waals surface area contributed by atoms with E-state index in [0.29, 0.717) is 24.0 Å². The number of carbonyl (C=O) groups is 1. The van der Waals surface area contributed by atoms with Gasteiger partial charge in [0, 0.05) is 18.1 Å². The van der Waals surface area contributed by atoms with Gasteiger partial charge in [-0.05, 0) is 48.6 Å². The average Bonchev–Trinajstić information content (AvgIpc) is 3.05. The van der Waals surface area contributed by atoms with Crippen LogP contribution < -0.4 is 0 Å². The van der Waals surface area contributed by atoms with Crippen molar-refractivity contribution in [1.82, 2.24) is 0 Å². The van der Waals surface area contributed by atoms with Crippen LogP contribution in [-0.4, -0.2) is 17.5 Å². The molecular weight excluding hydrogens is 282 g/mol. The molecule has 2 fully saturated rings. The van der Waals surface area contributed by atoms with E-state index in [-0.39, 0.29) is 11.1 Å². The number of carbonyl (C=O) groups excluding carboxylic acids is 1. The van der Waals surface area contributed by atoms with Crippen molar-refractivity contribution in [1.29, 1.82) is 0 Å². The van der Waals surface area contributed by atoms with Crippen LogP contribution in [0.3, 0.4) is 0 Å². The van der Waals surface area contributed by atoms with Crippen LogP contribution >= 0.6 is 0 Å². The SMILES string of the molecule is CC1(C)[C@H]2CC[C@@H](C2)[C@H]1COC(=O)c1ccc([N+](=O)[O-])cc1. The summed E-state index contributed by atoms with van der Waals surface area (Å²) in [4.78, 5) is 22.2. The summed E-state index contributed by atoms with van der Waals surface area (Å²) in [5.41, 5.74) is 0.580. The monoisotopic (exact) mass is 303 g/mol. The quantitative estimate of drug-likeness (QED) is 0.481. The van der Waals surface area contributed by atoms with Gasteiger partial charge in [-0.1, -0.05) is 13.8 Å². The zero-order chi connectivity index (χ0) is 15.9. The van der Waals surface area contributed by atoms with E-state index in [0.717, 1.165) is 5.92 Å². The number of nitro benzene ring substituents is 1. The Kier molecular flexibility index (Phi) is 3.67. The molecule has 0 saturated heterocycles. The average molecular weight is 303 g/mol. The molecule has 3 atom stereocenters. The number of ether oxygens (including phenoxy) is 1. The van der Waals surface area contributed by atoms with Crippen LogP contribution in [0.4, 0.5) is 5.69 Å². The lowest BCUT2D eigenvalue weighted by atomic mass is 9.69. The smallest absolute Gasteiger partial charge is 0.338 e. The first-order valence-corrected chi connectivity index (χ1v) is 7.81. The summed E-state index contributed by atoms with van der Waals surface area (Å²) in [7, 11) is 0. The van der Waals surface area contributed by atoms with Crippen LogP contribution in [0.15, 0.2) is 24.3 Å². The van der Waals surface area contributed by atoms with Crippen molar-refractivity contribution in [3.63, 3.8) is 0 Å². The first kappa shape index (κ1) is 15.0. The second-order valence-corrected chi connectivity index (χ2v) is 7.10. The van der Waals surface area contributed by atoms with Crippen molar-refractivity contribution in [2.75, 3.05) is 6.61 Å². The maximum atomic E-state index is 12.1. The van der Waals surface area contributed by atoms with Crippen LogP contribution in [0.25, 0.3) is 0 Å². The fourth-order valence-corrected chi connectivity index (χ4v) is 4.29. The van der Waals surface area contributed by atoms with E-state index < -0.39 is 10.9 Å². The number of fused-ring (bicyclic) bond motifs is 2. The number of non-ortho nitro benzene ring substituents is 1. The van der Waals surface area contributed by atoms with Crippen molar-refractivity contribution < 1.29 is 14.5 Å². The largest absolute Gasteiger partial charge is 0.462 e. The summed E-state index contributed by atoms with van der Waals surface area (Å²) in [5, 5.41) is 10.6. The van der Waals surface area contributed by atoms with Gasteiger partial charge < -0.3 is 4.74 Å². The molecule has 3 rings (SSSR count). The Morgan fingerprint density at radius 1 is 1.32 bits per heavy atom. The van der Waals surface area contributed by atoms with Crippen molar-refractivity contribution in [2.45, 2.75) is 33.1 Å². The van der Waals surface area contributed by atoms with Crippen molar-refractivity contribution in [3.8, 4) is 0 Å². The van der Waals surface area contributed by atoms with Gasteiger partial charge >= 0.3 is 5.97 Å². The maximum absolute atomic E-state index is 12.1. The summed E-state index contributed by atoms with van der Waals surface area (Å²) in [6.45, 7) is 5.01. The molecule has 2 bridgehead atoms. The molecule has 0 aliphatic heterocycles. The van der Waals surface area contributed by atoms with Crippen molar-refractivity contribution in [2.24, 2.45) is 23.2 Å². The topological polar surface area (TPSA) is 69.4 Å². The Hall–Kier alpha value is -1.91. The van der Waals surface area contributed by atoms with E-state index in [9.17, 15) is 14.9 Å². The van der Waals surface area contributed by atoms with Crippen LogP contribution in [0.5, 0.6) is 0 Å². The molecule has 118 valence electrons. The second kappa shape index (κ2) is 5.38. The lowest BCUT2D eigenvalue weighted by Crippen LogP contribution is -2.34. The minimum atomic E-state index is -0.479. The van der Waals surface area contributed by atoms with Gasteiger partial charge in [0.1, 0.15) is 0 Å². The molecule has 0 radical (unpaired) electrons. The fraction of sp³-hybridized carbons (Fsp3) is 0.588. The molecule has 5 heteroatoms. The maximum Gasteiger partial charge on any atom is 0.338 e. The van der Waals surface area contributed by atoms with Crippen molar-refractivity contribution in [3.05, 3.63) is 39.9 Å². The lowest BCUT2D eigenvalue weighted by molar-refractivity contribution is -0.384. The molecule has 2 aliphatic rings. The van der Waals surface area contributed by atoms with E-state index in [1.807, 2.05) is 0 Å². The summed E-state index contributed by atoms with van der Waals surface area (Å²) in [6.07, 6.45) is 3.80. The van der Waals surface area contributed by atoms with Gasteiger partial charge in [0.2, 0.25) is 0 Å². The normalized spacial score (nSPS) is 28.5. The first-order chi connectivity index (χ1) is 10.4. The van der Waals surface area contributed by atoms with Gasteiger partial charge in [0.15, 0.2) is 0 Å². The number of nitro groups is 1. The van der Waals surface area contributed by atoms with Crippen molar-refractivity contribution >= 4 is 11.7 Å². The third-order valence-electron chi connectivity index (χ3n) is 5.76. The summed E-state index contributed by atoms with van der Waals surface area (Å²) < 4.78 is 5.49.